The summed E-state index contributed by atoms with van der Waals surface area (Å²) in [4.78, 5) is 12.0. The van der Waals surface area contributed by atoms with Gasteiger partial charge in [-0.3, -0.25) is 4.79 Å². The first kappa shape index (κ1) is 9.46. The van der Waals surface area contributed by atoms with Crippen LogP contribution in [0.4, 0.5) is 0 Å². The van der Waals surface area contributed by atoms with Crippen molar-refractivity contribution in [2.24, 2.45) is 7.05 Å². The number of nitrogens with zero attached hydrogens (tertiary/aromatic N) is 1. The van der Waals surface area contributed by atoms with Crippen molar-refractivity contribution >= 4 is 10.9 Å². The SMILES string of the molecule is Cc1cn(C)c2cc3c(cc2c1=O)OCC3. The van der Waals surface area contributed by atoms with Gasteiger partial charge in [-0.05, 0) is 24.6 Å². The fraction of sp³-hybridized carbons (Fsp3) is 0.308. The molecule has 2 aromatic rings. The average molecular weight is 215 g/mol. The first-order valence-electron chi connectivity index (χ1n) is 5.42. The molecular formula is C13H13NO2. The van der Waals surface area contributed by atoms with Gasteiger partial charge in [0.15, 0.2) is 5.43 Å². The minimum Gasteiger partial charge on any atom is -0.493 e. The Kier molecular flexibility index (Phi) is 1.84. The van der Waals surface area contributed by atoms with E-state index in [9.17, 15) is 4.79 Å². The highest BCUT2D eigenvalue weighted by atomic mass is 16.5. The van der Waals surface area contributed by atoms with Gasteiger partial charge >= 0.3 is 0 Å². The Morgan fingerprint density at radius 2 is 2.19 bits per heavy atom. The summed E-state index contributed by atoms with van der Waals surface area (Å²) in [6.45, 7) is 2.57. The molecule has 82 valence electrons. The fourth-order valence-corrected chi connectivity index (χ4v) is 2.32. The van der Waals surface area contributed by atoms with Crippen molar-refractivity contribution in [2.75, 3.05) is 6.61 Å². The molecule has 0 spiro atoms. The maximum atomic E-state index is 12.0. The summed E-state index contributed by atoms with van der Waals surface area (Å²) in [5.41, 5.74) is 3.06. The third kappa shape index (κ3) is 1.18. The van der Waals surface area contributed by atoms with Crippen molar-refractivity contribution in [3.8, 4) is 5.75 Å². The van der Waals surface area contributed by atoms with Crippen molar-refractivity contribution in [1.82, 2.24) is 4.57 Å². The van der Waals surface area contributed by atoms with E-state index in [0.29, 0.717) is 0 Å². The molecule has 3 heteroatoms. The van der Waals surface area contributed by atoms with Gasteiger partial charge in [-0.15, -0.1) is 0 Å². The molecule has 1 aromatic carbocycles. The molecule has 2 heterocycles. The largest absolute Gasteiger partial charge is 0.493 e. The third-order valence-corrected chi connectivity index (χ3v) is 3.18. The van der Waals surface area contributed by atoms with E-state index in [2.05, 4.69) is 6.07 Å². The number of ether oxygens (including phenoxy) is 1. The quantitative estimate of drug-likeness (QED) is 0.670. The van der Waals surface area contributed by atoms with Gasteiger partial charge < -0.3 is 9.30 Å². The van der Waals surface area contributed by atoms with Crippen molar-refractivity contribution in [3.63, 3.8) is 0 Å². The van der Waals surface area contributed by atoms with E-state index in [4.69, 9.17) is 4.74 Å². The van der Waals surface area contributed by atoms with Crippen LogP contribution in [0, 0.1) is 6.92 Å². The topological polar surface area (TPSA) is 31.2 Å². The second kappa shape index (κ2) is 3.11. The molecule has 0 fully saturated rings. The number of hydrogen-bond acceptors (Lipinski definition) is 2. The highest BCUT2D eigenvalue weighted by Gasteiger charge is 2.15. The van der Waals surface area contributed by atoms with Crippen LogP contribution < -0.4 is 10.2 Å². The first-order valence-corrected chi connectivity index (χ1v) is 5.42. The molecule has 16 heavy (non-hydrogen) atoms. The number of hydrogen-bond donors (Lipinski definition) is 0. The molecule has 0 saturated heterocycles. The van der Waals surface area contributed by atoms with Crippen molar-refractivity contribution in [1.29, 1.82) is 0 Å². The molecule has 0 atom stereocenters. The molecule has 1 aliphatic heterocycles. The van der Waals surface area contributed by atoms with E-state index in [1.165, 1.54) is 5.56 Å². The molecule has 0 amide bonds. The summed E-state index contributed by atoms with van der Waals surface area (Å²) in [6.07, 6.45) is 2.82. The van der Waals surface area contributed by atoms with Crippen molar-refractivity contribution in [3.05, 3.63) is 39.7 Å². The minimum absolute atomic E-state index is 0.103. The predicted octanol–water partition coefficient (Wildman–Crippen LogP) is 1.78. The molecule has 0 aliphatic carbocycles. The van der Waals surface area contributed by atoms with Crippen LogP contribution in [0.15, 0.2) is 23.1 Å². The highest BCUT2D eigenvalue weighted by molar-refractivity contribution is 5.82. The first-order chi connectivity index (χ1) is 7.66. The molecule has 0 N–H and O–H groups in total. The van der Waals surface area contributed by atoms with Gasteiger partial charge in [0.25, 0.3) is 0 Å². The zero-order chi connectivity index (χ0) is 11.3. The zero-order valence-electron chi connectivity index (χ0n) is 9.41. The second-order valence-corrected chi connectivity index (χ2v) is 4.33. The van der Waals surface area contributed by atoms with E-state index in [1.54, 1.807) is 0 Å². The Morgan fingerprint density at radius 1 is 1.38 bits per heavy atom. The number of pyridine rings is 1. The highest BCUT2D eigenvalue weighted by Crippen LogP contribution is 2.28. The maximum Gasteiger partial charge on any atom is 0.192 e. The lowest BCUT2D eigenvalue weighted by Gasteiger charge is -2.08. The summed E-state index contributed by atoms with van der Waals surface area (Å²) in [5, 5.41) is 0.753. The van der Waals surface area contributed by atoms with Gasteiger partial charge in [-0.1, -0.05) is 0 Å². The Labute approximate surface area is 93.3 Å². The lowest BCUT2D eigenvalue weighted by molar-refractivity contribution is 0.357. The Bertz CT molecular complexity index is 640. The van der Waals surface area contributed by atoms with Gasteiger partial charge in [-0.25, -0.2) is 0 Å². The van der Waals surface area contributed by atoms with Crippen LogP contribution in [0.5, 0.6) is 5.75 Å². The summed E-state index contributed by atoms with van der Waals surface area (Å²) in [7, 11) is 1.97. The molecule has 0 saturated carbocycles. The number of aromatic nitrogens is 1. The van der Waals surface area contributed by atoms with E-state index >= 15 is 0 Å². The number of rotatable bonds is 0. The average Bonchev–Trinajstić information content (AvgIpc) is 2.71. The summed E-state index contributed by atoms with van der Waals surface area (Å²) >= 11 is 0. The normalized spacial score (nSPS) is 13.9. The van der Waals surface area contributed by atoms with E-state index in [-0.39, 0.29) is 5.43 Å². The van der Waals surface area contributed by atoms with E-state index < -0.39 is 0 Å². The monoisotopic (exact) mass is 215 g/mol. The molecule has 1 aromatic heterocycles. The second-order valence-electron chi connectivity index (χ2n) is 4.33. The smallest absolute Gasteiger partial charge is 0.192 e. The lowest BCUT2D eigenvalue weighted by atomic mass is 10.1. The molecule has 0 radical (unpaired) electrons. The van der Waals surface area contributed by atoms with Crippen LogP contribution in [-0.4, -0.2) is 11.2 Å². The molecule has 0 unspecified atom stereocenters. The summed E-state index contributed by atoms with van der Waals surface area (Å²) in [6, 6.07) is 3.95. The van der Waals surface area contributed by atoms with Crippen LogP contribution in [0.3, 0.4) is 0 Å². The zero-order valence-corrected chi connectivity index (χ0v) is 9.41. The molecule has 3 nitrogen and oxygen atoms in total. The standard InChI is InChI=1S/C13H13NO2/c1-8-7-14(2)11-5-9-3-4-16-12(9)6-10(11)13(8)15/h5-7H,3-4H2,1-2H3. The van der Waals surface area contributed by atoms with Gasteiger partial charge in [0.1, 0.15) is 5.75 Å². The summed E-state index contributed by atoms with van der Waals surface area (Å²) < 4.78 is 7.50. The van der Waals surface area contributed by atoms with Crippen LogP contribution in [0.25, 0.3) is 10.9 Å². The minimum atomic E-state index is 0.103. The van der Waals surface area contributed by atoms with E-state index in [0.717, 1.165) is 35.2 Å². The number of fused-ring (bicyclic) bond motifs is 2. The van der Waals surface area contributed by atoms with Gasteiger partial charge in [0.2, 0.25) is 0 Å². The Morgan fingerprint density at radius 3 is 3.00 bits per heavy atom. The van der Waals surface area contributed by atoms with Crippen LogP contribution in [0.2, 0.25) is 0 Å². The van der Waals surface area contributed by atoms with Crippen LogP contribution >= 0.6 is 0 Å². The molecule has 1 aliphatic rings. The predicted molar refractivity (Wildman–Crippen MR) is 63.1 cm³/mol. The van der Waals surface area contributed by atoms with Crippen LogP contribution in [0.1, 0.15) is 11.1 Å². The molecule has 3 rings (SSSR count). The third-order valence-electron chi connectivity index (χ3n) is 3.18. The van der Waals surface area contributed by atoms with Gasteiger partial charge in [0.05, 0.1) is 12.1 Å². The van der Waals surface area contributed by atoms with Gasteiger partial charge in [0, 0.05) is 30.6 Å². The number of aryl methyl sites for hydroxylation is 2. The molecule has 0 bridgehead atoms. The Hall–Kier alpha value is -1.77. The fourth-order valence-electron chi connectivity index (χ4n) is 2.32. The lowest BCUT2D eigenvalue weighted by Crippen LogP contribution is -2.10. The van der Waals surface area contributed by atoms with Crippen molar-refractivity contribution < 1.29 is 4.74 Å². The maximum absolute atomic E-state index is 12.0. The van der Waals surface area contributed by atoms with Crippen molar-refractivity contribution in [2.45, 2.75) is 13.3 Å². The van der Waals surface area contributed by atoms with Gasteiger partial charge in [-0.2, -0.15) is 0 Å². The molecular weight excluding hydrogens is 202 g/mol. The Balaban J connectivity index is 2.48. The van der Waals surface area contributed by atoms with E-state index in [1.807, 2.05) is 30.8 Å². The summed E-state index contributed by atoms with van der Waals surface area (Å²) in [5.74, 6) is 0.871. The number of benzene rings is 1. The van der Waals surface area contributed by atoms with Crippen LogP contribution in [-0.2, 0) is 13.5 Å².